The summed E-state index contributed by atoms with van der Waals surface area (Å²) in [5.74, 6) is 0.664. The van der Waals surface area contributed by atoms with Crippen LogP contribution >= 0.6 is 11.6 Å². The molecule has 0 unspecified atom stereocenters. The Balaban J connectivity index is 1.76. The lowest BCUT2D eigenvalue weighted by Crippen LogP contribution is -2.35. The highest BCUT2D eigenvalue weighted by Crippen LogP contribution is 2.22. The molecule has 2 rings (SSSR count). The van der Waals surface area contributed by atoms with Gasteiger partial charge in [-0.25, -0.2) is 4.39 Å². The minimum absolute atomic E-state index is 0.179. The van der Waals surface area contributed by atoms with Crippen LogP contribution in [0, 0.1) is 11.7 Å². The Morgan fingerprint density at radius 2 is 2.10 bits per heavy atom. The van der Waals surface area contributed by atoms with E-state index in [0.717, 1.165) is 32.1 Å². The molecule has 0 bridgehead atoms. The summed E-state index contributed by atoms with van der Waals surface area (Å²) in [5.41, 5.74) is 0.659. The SMILES string of the molecule is CNCCC1CCN(CCc2c(F)cccc2Cl)CC1. The van der Waals surface area contributed by atoms with Crippen LogP contribution in [0.25, 0.3) is 0 Å². The van der Waals surface area contributed by atoms with Crippen LogP contribution in [0.2, 0.25) is 5.02 Å². The topological polar surface area (TPSA) is 15.3 Å². The van der Waals surface area contributed by atoms with Crippen molar-refractivity contribution in [3.05, 3.63) is 34.6 Å². The third-order valence-corrected chi connectivity index (χ3v) is 4.60. The molecule has 4 heteroatoms. The van der Waals surface area contributed by atoms with Gasteiger partial charge in [0.05, 0.1) is 0 Å². The van der Waals surface area contributed by atoms with Crippen LogP contribution in [0.15, 0.2) is 18.2 Å². The first-order valence-electron chi connectivity index (χ1n) is 7.50. The summed E-state index contributed by atoms with van der Waals surface area (Å²) in [6.07, 6.45) is 4.48. The summed E-state index contributed by atoms with van der Waals surface area (Å²) in [6, 6.07) is 4.92. The van der Waals surface area contributed by atoms with Gasteiger partial charge < -0.3 is 10.2 Å². The first-order valence-corrected chi connectivity index (χ1v) is 7.88. The number of nitrogens with one attached hydrogen (secondary N) is 1. The fourth-order valence-electron chi connectivity index (χ4n) is 2.89. The highest BCUT2D eigenvalue weighted by Gasteiger charge is 2.19. The van der Waals surface area contributed by atoms with Crippen molar-refractivity contribution in [2.75, 3.05) is 33.2 Å². The quantitative estimate of drug-likeness (QED) is 0.866. The van der Waals surface area contributed by atoms with Crippen molar-refractivity contribution in [1.82, 2.24) is 10.2 Å². The summed E-state index contributed by atoms with van der Waals surface area (Å²) in [7, 11) is 2.01. The van der Waals surface area contributed by atoms with Crippen LogP contribution in [-0.4, -0.2) is 38.1 Å². The molecule has 0 amide bonds. The molecule has 0 spiro atoms. The molecule has 0 saturated carbocycles. The molecule has 1 aliphatic rings. The maximum absolute atomic E-state index is 13.7. The zero-order valence-electron chi connectivity index (χ0n) is 12.2. The van der Waals surface area contributed by atoms with E-state index in [1.165, 1.54) is 25.3 Å². The van der Waals surface area contributed by atoms with Gasteiger partial charge in [0.25, 0.3) is 0 Å². The van der Waals surface area contributed by atoms with E-state index in [-0.39, 0.29) is 5.82 Å². The second kappa shape index (κ2) is 7.96. The standard InChI is InChI=1S/C16H24ClFN2/c1-19-9-5-13-6-10-20(11-7-13)12-8-14-15(17)3-2-4-16(14)18/h2-4,13,19H,5-12H2,1H3. The number of halogens is 2. The van der Waals surface area contributed by atoms with Crippen LogP contribution in [0.1, 0.15) is 24.8 Å². The largest absolute Gasteiger partial charge is 0.320 e. The number of hydrogen-bond donors (Lipinski definition) is 1. The van der Waals surface area contributed by atoms with Crippen molar-refractivity contribution in [2.24, 2.45) is 5.92 Å². The minimum Gasteiger partial charge on any atom is -0.320 e. The lowest BCUT2D eigenvalue weighted by atomic mass is 9.93. The first kappa shape index (κ1) is 15.7. The Labute approximate surface area is 126 Å². The molecule has 1 fully saturated rings. The van der Waals surface area contributed by atoms with E-state index in [4.69, 9.17) is 11.6 Å². The molecule has 1 N–H and O–H groups in total. The predicted octanol–water partition coefficient (Wildman–Crippen LogP) is 3.34. The van der Waals surface area contributed by atoms with Gasteiger partial charge in [0.2, 0.25) is 0 Å². The fourth-order valence-corrected chi connectivity index (χ4v) is 3.15. The Hall–Kier alpha value is -0.640. The van der Waals surface area contributed by atoms with Crippen molar-refractivity contribution in [1.29, 1.82) is 0 Å². The van der Waals surface area contributed by atoms with Gasteiger partial charge in [-0.1, -0.05) is 17.7 Å². The maximum Gasteiger partial charge on any atom is 0.127 e. The van der Waals surface area contributed by atoms with Crippen molar-refractivity contribution in [3.8, 4) is 0 Å². The lowest BCUT2D eigenvalue weighted by molar-refractivity contribution is 0.180. The van der Waals surface area contributed by atoms with Gasteiger partial charge in [-0.15, -0.1) is 0 Å². The maximum atomic E-state index is 13.7. The number of benzene rings is 1. The van der Waals surface area contributed by atoms with Crippen LogP contribution in [-0.2, 0) is 6.42 Å². The Bertz CT molecular complexity index is 397. The second-order valence-electron chi connectivity index (χ2n) is 5.63. The van der Waals surface area contributed by atoms with E-state index in [0.29, 0.717) is 17.0 Å². The molecular weight excluding hydrogens is 275 g/mol. The van der Waals surface area contributed by atoms with E-state index in [9.17, 15) is 4.39 Å². The highest BCUT2D eigenvalue weighted by molar-refractivity contribution is 6.31. The first-order chi connectivity index (χ1) is 9.70. The third kappa shape index (κ3) is 4.44. The lowest BCUT2D eigenvalue weighted by Gasteiger charge is -2.32. The Morgan fingerprint density at radius 3 is 2.75 bits per heavy atom. The molecule has 1 aliphatic heterocycles. The van der Waals surface area contributed by atoms with Gasteiger partial charge >= 0.3 is 0 Å². The number of piperidine rings is 1. The Morgan fingerprint density at radius 1 is 1.35 bits per heavy atom. The monoisotopic (exact) mass is 298 g/mol. The van der Waals surface area contributed by atoms with Crippen LogP contribution in [0.3, 0.4) is 0 Å². The second-order valence-corrected chi connectivity index (χ2v) is 6.03. The van der Waals surface area contributed by atoms with Gasteiger partial charge in [-0.05, 0) is 70.4 Å². The van der Waals surface area contributed by atoms with Crippen molar-refractivity contribution < 1.29 is 4.39 Å². The van der Waals surface area contributed by atoms with Gasteiger partial charge in [-0.2, -0.15) is 0 Å². The van der Waals surface area contributed by atoms with E-state index >= 15 is 0 Å². The van der Waals surface area contributed by atoms with Gasteiger partial charge in [0, 0.05) is 17.1 Å². The summed E-state index contributed by atoms with van der Waals surface area (Å²) < 4.78 is 13.7. The zero-order valence-corrected chi connectivity index (χ0v) is 12.9. The van der Waals surface area contributed by atoms with Gasteiger partial charge in [-0.3, -0.25) is 0 Å². The smallest absolute Gasteiger partial charge is 0.127 e. The molecule has 2 nitrogen and oxygen atoms in total. The summed E-state index contributed by atoms with van der Waals surface area (Å²) in [4.78, 5) is 2.43. The average molecular weight is 299 g/mol. The number of nitrogens with zero attached hydrogens (tertiary/aromatic N) is 1. The molecule has 112 valence electrons. The molecule has 1 heterocycles. The van der Waals surface area contributed by atoms with Crippen LogP contribution < -0.4 is 5.32 Å². The zero-order chi connectivity index (χ0) is 14.4. The number of rotatable bonds is 6. The molecule has 1 aromatic rings. The molecule has 0 aromatic heterocycles. The molecule has 0 aliphatic carbocycles. The predicted molar refractivity (Wildman–Crippen MR) is 82.8 cm³/mol. The Kier molecular flexibility index (Phi) is 6.27. The third-order valence-electron chi connectivity index (χ3n) is 4.25. The van der Waals surface area contributed by atoms with E-state index in [2.05, 4.69) is 10.2 Å². The summed E-state index contributed by atoms with van der Waals surface area (Å²) in [5, 5.41) is 3.77. The van der Waals surface area contributed by atoms with Crippen molar-refractivity contribution in [3.63, 3.8) is 0 Å². The van der Waals surface area contributed by atoms with Crippen LogP contribution in [0.5, 0.6) is 0 Å². The van der Waals surface area contributed by atoms with Gasteiger partial charge in [0.15, 0.2) is 0 Å². The summed E-state index contributed by atoms with van der Waals surface area (Å²) in [6.45, 7) is 4.26. The molecule has 20 heavy (non-hydrogen) atoms. The van der Waals surface area contributed by atoms with E-state index < -0.39 is 0 Å². The molecule has 1 aromatic carbocycles. The average Bonchev–Trinajstić information content (AvgIpc) is 2.46. The highest BCUT2D eigenvalue weighted by atomic mass is 35.5. The number of hydrogen-bond acceptors (Lipinski definition) is 2. The van der Waals surface area contributed by atoms with Crippen molar-refractivity contribution >= 4 is 11.6 Å². The normalized spacial score (nSPS) is 17.6. The fraction of sp³-hybridized carbons (Fsp3) is 0.625. The molecule has 0 atom stereocenters. The summed E-state index contributed by atoms with van der Waals surface area (Å²) >= 11 is 6.06. The molecular formula is C16H24ClFN2. The van der Waals surface area contributed by atoms with Gasteiger partial charge in [0.1, 0.15) is 5.82 Å². The number of likely N-dealkylation sites (tertiary alicyclic amines) is 1. The minimum atomic E-state index is -0.179. The molecule has 0 radical (unpaired) electrons. The molecule has 1 saturated heterocycles. The van der Waals surface area contributed by atoms with E-state index in [1.54, 1.807) is 12.1 Å². The van der Waals surface area contributed by atoms with Crippen LogP contribution in [0.4, 0.5) is 4.39 Å². The van der Waals surface area contributed by atoms with Crippen molar-refractivity contribution in [2.45, 2.75) is 25.7 Å². The van der Waals surface area contributed by atoms with E-state index in [1.807, 2.05) is 7.05 Å².